The van der Waals surface area contributed by atoms with Crippen LogP contribution in [-0.2, 0) is 4.79 Å². The van der Waals surface area contributed by atoms with E-state index in [1.54, 1.807) is 0 Å². The number of amides is 1. The Hall–Kier alpha value is -0.0300. The van der Waals surface area contributed by atoms with Crippen molar-refractivity contribution in [3.63, 3.8) is 0 Å². The van der Waals surface area contributed by atoms with Gasteiger partial charge < -0.3 is 11.1 Å². The molecule has 0 aromatic rings. The number of hydrogen-bond donors (Lipinski definition) is 2. The second-order valence-electron chi connectivity index (χ2n) is 8.50. The molecule has 0 aromatic carbocycles. The van der Waals surface area contributed by atoms with Crippen molar-refractivity contribution in [3.8, 4) is 0 Å². The smallest absolute Gasteiger partial charge is 0.223 e. The van der Waals surface area contributed by atoms with Crippen LogP contribution in [0.4, 0.5) is 0 Å². The van der Waals surface area contributed by atoms with Gasteiger partial charge in [-0.2, -0.15) is 0 Å². The van der Waals surface area contributed by atoms with Gasteiger partial charge in [0.1, 0.15) is 0 Å². The number of hydrogen-bond acceptors (Lipinski definition) is 3. The van der Waals surface area contributed by atoms with Crippen LogP contribution in [-0.4, -0.2) is 42.0 Å². The monoisotopic (exact) mass is 381 g/mol. The summed E-state index contributed by atoms with van der Waals surface area (Å²) in [5, 5.41) is 3.20. The van der Waals surface area contributed by atoms with Crippen molar-refractivity contribution in [1.29, 1.82) is 0 Å². The highest BCUT2D eigenvalue weighted by Gasteiger charge is 2.34. The molecule has 2 fully saturated rings. The van der Waals surface area contributed by atoms with Crippen molar-refractivity contribution in [2.75, 3.05) is 19.6 Å². The molecule has 3 N–H and O–H groups in total. The number of piperidine rings is 1. The number of halogens is 2. The van der Waals surface area contributed by atoms with Crippen LogP contribution in [0.15, 0.2) is 0 Å². The van der Waals surface area contributed by atoms with Crippen molar-refractivity contribution in [2.45, 2.75) is 71.4 Å². The predicted molar refractivity (Wildman–Crippen MR) is 106 cm³/mol. The largest absolute Gasteiger partial charge is 0.354 e. The zero-order chi connectivity index (χ0) is 16.3. The standard InChI is InChI=1S/C18H35N3O.2ClH/c1-13-8-14(2)11-21(10-13)18(3,4)12-20-17(22)15-6-5-7-16(19)9-15;;/h13-16H,5-12,19H2,1-4H3,(H,20,22);2*1H. The van der Waals surface area contributed by atoms with E-state index in [9.17, 15) is 4.79 Å². The maximum Gasteiger partial charge on any atom is 0.223 e. The molecule has 1 amide bonds. The molecular weight excluding hydrogens is 345 g/mol. The molecule has 0 aromatic heterocycles. The molecule has 0 spiro atoms. The number of rotatable bonds is 4. The minimum absolute atomic E-state index is 0. The molecule has 24 heavy (non-hydrogen) atoms. The molecule has 2 rings (SSSR count). The van der Waals surface area contributed by atoms with Gasteiger partial charge in [0.2, 0.25) is 5.91 Å². The highest BCUT2D eigenvalue weighted by Crippen LogP contribution is 2.27. The van der Waals surface area contributed by atoms with Crippen LogP contribution < -0.4 is 11.1 Å². The highest BCUT2D eigenvalue weighted by molar-refractivity contribution is 5.85. The van der Waals surface area contributed by atoms with Crippen molar-refractivity contribution >= 4 is 30.7 Å². The molecule has 4 unspecified atom stereocenters. The summed E-state index contributed by atoms with van der Waals surface area (Å²) in [6.07, 6.45) is 5.32. The van der Waals surface area contributed by atoms with Gasteiger partial charge in [0.05, 0.1) is 0 Å². The number of nitrogens with zero attached hydrogens (tertiary/aromatic N) is 1. The second-order valence-corrected chi connectivity index (χ2v) is 8.50. The van der Waals surface area contributed by atoms with E-state index in [4.69, 9.17) is 5.73 Å². The topological polar surface area (TPSA) is 58.4 Å². The molecule has 0 bridgehead atoms. The van der Waals surface area contributed by atoms with Crippen LogP contribution in [0.1, 0.15) is 59.8 Å². The summed E-state index contributed by atoms with van der Waals surface area (Å²) >= 11 is 0. The molecule has 1 saturated carbocycles. The van der Waals surface area contributed by atoms with Gasteiger partial charge in [0.15, 0.2) is 0 Å². The highest BCUT2D eigenvalue weighted by atomic mass is 35.5. The van der Waals surface area contributed by atoms with Crippen molar-refractivity contribution in [1.82, 2.24) is 10.2 Å². The van der Waals surface area contributed by atoms with E-state index in [1.165, 1.54) is 6.42 Å². The van der Waals surface area contributed by atoms with Gasteiger partial charge in [-0.15, -0.1) is 24.8 Å². The number of carbonyl (C=O) groups excluding carboxylic acids is 1. The average molecular weight is 382 g/mol. The van der Waals surface area contributed by atoms with Crippen LogP contribution in [0.3, 0.4) is 0 Å². The molecule has 0 radical (unpaired) electrons. The summed E-state index contributed by atoms with van der Waals surface area (Å²) in [6, 6.07) is 0.210. The van der Waals surface area contributed by atoms with E-state index >= 15 is 0 Å². The summed E-state index contributed by atoms with van der Waals surface area (Å²) in [4.78, 5) is 15.0. The Bertz CT molecular complexity index is 382. The Morgan fingerprint density at radius 1 is 1.12 bits per heavy atom. The van der Waals surface area contributed by atoms with E-state index in [0.717, 1.165) is 57.2 Å². The van der Waals surface area contributed by atoms with E-state index in [2.05, 4.69) is 37.9 Å². The first-order chi connectivity index (χ1) is 10.3. The molecule has 1 aliphatic heterocycles. The fourth-order valence-electron chi connectivity index (χ4n) is 4.18. The maximum atomic E-state index is 12.4. The molecule has 1 saturated heterocycles. The lowest BCUT2D eigenvalue weighted by atomic mass is 9.85. The lowest BCUT2D eigenvalue weighted by Gasteiger charge is -2.45. The zero-order valence-electron chi connectivity index (χ0n) is 15.7. The fourth-order valence-corrected chi connectivity index (χ4v) is 4.18. The molecule has 1 heterocycles. The minimum Gasteiger partial charge on any atom is -0.354 e. The predicted octanol–water partition coefficient (Wildman–Crippen LogP) is 3.22. The van der Waals surface area contributed by atoms with Gasteiger partial charge in [0.25, 0.3) is 0 Å². The lowest BCUT2D eigenvalue weighted by molar-refractivity contribution is -0.126. The number of nitrogens with one attached hydrogen (secondary N) is 1. The third kappa shape index (κ3) is 6.70. The van der Waals surface area contributed by atoms with Crippen LogP contribution >= 0.6 is 24.8 Å². The maximum absolute atomic E-state index is 12.4. The van der Waals surface area contributed by atoms with Crippen LogP contribution in [0.5, 0.6) is 0 Å². The van der Waals surface area contributed by atoms with Crippen LogP contribution in [0.25, 0.3) is 0 Å². The van der Waals surface area contributed by atoms with Gasteiger partial charge in [-0.3, -0.25) is 9.69 Å². The van der Waals surface area contributed by atoms with Gasteiger partial charge >= 0.3 is 0 Å². The molecule has 6 heteroatoms. The third-order valence-corrected chi connectivity index (χ3v) is 5.51. The molecule has 1 aliphatic carbocycles. The summed E-state index contributed by atoms with van der Waals surface area (Å²) in [6.45, 7) is 12.2. The molecule has 4 atom stereocenters. The number of carbonyl (C=O) groups is 1. The molecular formula is C18H37Cl2N3O. The average Bonchev–Trinajstić information content (AvgIpc) is 2.44. The Morgan fingerprint density at radius 2 is 1.71 bits per heavy atom. The summed E-state index contributed by atoms with van der Waals surface area (Å²) < 4.78 is 0. The first-order valence-corrected chi connectivity index (χ1v) is 9.06. The fraction of sp³-hybridized carbons (Fsp3) is 0.944. The van der Waals surface area contributed by atoms with E-state index in [0.29, 0.717) is 0 Å². The van der Waals surface area contributed by atoms with E-state index in [-0.39, 0.29) is 48.2 Å². The van der Waals surface area contributed by atoms with Crippen LogP contribution in [0, 0.1) is 17.8 Å². The zero-order valence-corrected chi connectivity index (χ0v) is 17.3. The van der Waals surface area contributed by atoms with Gasteiger partial charge in [-0.25, -0.2) is 0 Å². The normalized spacial score (nSPS) is 31.5. The van der Waals surface area contributed by atoms with Crippen molar-refractivity contribution in [2.24, 2.45) is 23.5 Å². The van der Waals surface area contributed by atoms with Gasteiger partial charge in [0, 0.05) is 37.1 Å². The third-order valence-electron chi connectivity index (χ3n) is 5.51. The lowest BCUT2D eigenvalue weighted by Crippen LogP contribution is -2.56. The number of nitrogens with two attached hydrogens (primary N) is 1. The van der Waals surface area contributed by atoms with Gasteiger partial charge in [-0.1, -0.05) is 20.3 Å². The van der Waals surface area contributed by atoms with Gasteiger partial charge in [-0.05, 0) is 51.4 Å². The first-order valence-electron chi connectivity index (χ1n) is 9.06. The number of likely N-dealkylation sites (tertiary alicyclic amines) is 1. The van der Waals surface area contributed by atoms with E-state index in [1.807, 2.05) is 0 Å². The molecule has 2 aliphatic rings. The molecule has 144 valence electrons. The van der Waals surface area contributed by atoms with E-state index < -0.39 is 0 Å². The Morgan fingerprint density at radius 3 is 2.25 bits per heavy atom. The SMILES string of the molecule is CC1CC(C)CN(C(C)(C)CNC(=O)C2CCCC(N)C2)C1.Cl.Cl. The Kier molecular flexibility index (Phi) is 10.2. The Labute approximate surface area is 160 Å². The second kappa shape index (κ2) is 10.2. The summed E-state index contributed by atoms with van der Waals surface area (Å²) in [5.41, 5.74) is 6.03. The summed E-state index contributed by atoms with van der Waals surface area (Å²) in [5.74, 6) is 1.82. The Balaban J connectivity index is 0.00000264. The van der Waals surface area contributed by atoms with Crippen LogP contribution in [0.2, 0.25) is 0 Å². The van der Waals surface area contributed by atoms with Crippen molar-refractivity contribution in [3.05, 3.63) is 0 Å². The first kappa shape index (κ1) is 24.0. The summed E-state index contributed by atoms with van der Waals surface area (Å²) in [7, 11) is 0. The molecule has 4 nitrogen and oxygen atoms in total. The minimum atomic E-state index is 0. The van der Waals surface area contributed by atoms with Crippen molar-refractivity contribution < 1.29 is 4.79 Å². The quantitative estimate of drug-likeness (QED) is 0.785.